The third-order valence-electron chi connectivity index (χ3n) is 3.18. The Balaban J connectivity index is 0.00000200. The summed E-state index contributed by atoms with van der Waals surface area (Å²) in [5, 5.41) is 2.65. The maximum atomic E-state index is 12.4. The number of aryl methyl sites for hydroxylation is 1. The van der Waals surface area contributed by atoms with Gasteiger partial charge in [-0.2, -0.15) is 4.31 Å². The molecular weight excluding hydrogens is 300 g/mol. The van der Waals surface area contributed by atoms with E-state index in [-0.39, 0.29) is 18.3 Å². The van der Waals surface area contributed by atoms with Crippen LogP contribution in [0.4, 0.5) is 5.69 Å². The Morgan fingerprint density at radius 3 is 2.35 bits per heavy atom. The highest BCUT2D eigenvalue weighted by Gasteiger charge is 2.28. The zero-order valence-corrected chi connectivity index (χ0v) is 13.2. The number of carbonyl (C=O) groups excluding carboxylic acids is 1. The van der Waals surface area contributed by atoms with E-state index in [0.717, 1.165) is 12.8 Å². The summed E-state index contributed by atoms with van der Waals surface area (Å²) in [4.78, 5) is 11.3. The van der Waals surface area contributed by atoms with Crippen LogP contribution >= 0.6 is 12.4 Å². The predicted octanol–water partition coefficient (Wildman–Crippen LogP) is 2.16. The molecule has 0 spiro atoms. The number of hydrogen-bond acceptors (Lipinski definition) is 3. The molecule has 7 heteroatoms. The first-order valence-corrected chi connectivity index (χ1v) is 7.73. The Bertz CT molecular complexity index is 596. The molecule has 112 valence electrons. The van der Waals surface area contributed by atoms with E-state index in [9.17, 15) is 13.2 Å². The van der Waals surface area contributed by atoms with E-state index in [0.29, 0.717) is 29.2 Å². The summed E-state index contributed by atoms with van der Waals surface area (Å²) in [5.74, 6) is -0.172. The van der Waals surface area contributed by atoms with E-state index >= 15 is 0 Å². The molecule has 0 aliphatic carbocycles. The Labute approximate surface area is 125 Å². The first-order chi connectivity index (χ1) is 8.91. The lowest BCUT2D eigenvalue weighted by molar-refractivity contribution is -0.114. The Morgan fingerprint density at radius 2 is 1.85 bits per heavy atom. The van der Waals surface area contributed by atoms with Gasteiger partial charge in [-0.1, -0.05) is 0 Å². The number of amides is 1. The molecule has 0 atom stereocenters. The number of hydrogen-bond donors (Lipinski definition) is 1. The van der Waals surface area contributed by atoms with Gasteiger partial charge in [-0.05, 0) is 43.5 Å². The van der Waals surface area contributed by atoms with E-state index in [4.69, 9.17) is 0 Å². The molecule has 1 amide bonds. The molecule has 1 fully saturated rings. The Kier molecular flexibility index (Phi) is 5.56. The summed E-state index contributed by atoms with van der Waals surface area (Å²) in [7, 11) is -3.39. The lowest BCUT2D eigenvalue weighted by Crippen LogP contribution is -2.28. The average Bonchev–Trinajstić information content (AvgIpc) is 2.81. The van der Waals surface area contributed by atoms with E-state index in [1.54, 1.807) is 25.1 Å². The number of halogens is 1. The second-order valence-corrected chi connectivity index (χ2v) is 6.68. The number of sulfonamides is 1. The van der Waals surface area contributed by atoms with Gasteiger partial charge in [-0.25, -0.2) is 8.42 Å². The maximum absolute atomic E-state index is 12.4. The van der Waals surface area contributed by atoms with Gasteiger partial charge in [0.25, 0.3) is 0 Å². The minimum absolute atomic E-state index is 0. The molecule has 2 rings (SSSR count). The van der Waals surface area contributed by atoms with Crippen LogP contribution in [-0.2, 0) is 14.8 Å². The lowest BCUT2D eigenvalue weighted by Gasteiger charge is -2.17. The minimum atomic E-state index is -3.39. The van der Waals surface area contributed by atoms with Crippen LogP contribution < -0.4 is 5.32 Å². The molecule has 1 aliphatic rings. The van der Waals surface area contributed by atoms with Crippen molar-refractivity contribution >= 4 is 34.0 Å². The summed E-state index contributed by atoms with van der Waals surface area (Å²) < 4.78 is 26.4. The van der Waals surface area contributed by atoms with Gasteiger partial charge in [0.1, 0.15) is 0 Å². The largest absolute Gasteiger partial charge is 0.326 e. The van der Waals surface area contributed by atoms with Crippen molar-refractivity contribution in [2.45, 2.75) is 31.6 Å². The van der Waals surface area contributed by atoms with E-state index in [1.165, 1.54) is 11.2 Å². The van der Waals surface area contributed by atoms with E-state index < -0.39 is 10.0 Å². The van der Waals surface area contributed by atoms with Crippen molar-refractivity contribution in [3.05, 3.63) is 23.8 Å². The van der Waals surface area contributed by atoms with Crippen LogP contribution in [-0.4, -0.2) is 31.7 Å². The third kappa shape index (κ3) is 3.50. The van der Waals surface area contributed by atoms with Crippen LogP contribution in [0.25, 0.3) is 0 Å². The van der Waals surface area contributed by atoms with Crippen LogP contribution in [0.1, 0.15) is 25.3 Å². The molecule has 0 radical (unpaired) electrons. The van der Waals surface area contributed by atoms with Crippen molar-refractivity contribution in [2.75, 3.05) is 18.4 Å². The molecule has 1 N–H and O–H groups in total. The lowest BCUT2D eigenvalue weighted by atomic mass is 10.2. The van der Waals surface area contributed by atoms with E-state index in [2.05, 4.69) is 5.32 Å². The van der Waals surface area contributed by atoms with Gasteiger partial charge in [0.15, 0.2) is 0 Å². The summed E-state index contributed by atoms with van der Waals surface area (Å²) in [6.07, 6.45) is 1.84. The normalized spacial score (nSPS) is 15.7. The first kappa shape index (κ1) is 16.9. The van der Waals surface area contributed by atoms with Crippen molar-refractivity contribution in [3.63, 3.8) is 0 Å². The average molecular weight is 319 g/mol. The quantitative estimate of drug-likeness (QED) is 0.928. The number of nitrogens with zero attached hydrogens (tertiary/aromatic N) is 1. The maximum Gasteiger partial charge on any atom is 0.243 e. The molecular formula is C13H19ClN2O3S. The fourth-order valence-electron chi connectivity index (χ4n) is 2.29. The number of nitrogens with one attached hydrogen (secondary N) is 1. The zero-order chi connectivity index (χ0) is 14.0. The van der Waals surface area contributed by atoms with Gasteiger partial charge < -0.3 is 5.32 Å². The molecule has 1 saturated heterocycles. The second-order valence-electron chi connectivity index (χ2n) is 4.77. The van der Waals surface area contributed by atoms with Crippen molar-refractivity contribution in [1.29, 1.82) is 0 Å². The minimum Gasteiger partial charge on any atom is -0.326 e. The number of rotatable bonds is 3. The van der Waals surface area contributed by atoms with Gasteiger partial charge in [-0.15, -0.1) is 12.4 Å². The number of benzene rings is 1. The highest BCUT2D eigenvalue weighted by molar-refractivity contribution is 7.89. The zero-order valence-electron chi connectivity index (χ0n) is 11.5. The molecule has 5 nitrogen and oxygen atoms in total. The fourth-order valence-corrected chi connectivity index (χ4v) is 4.01. The summed E-state index contributed by atoms with van der Waals surface area (Å²) in [6, 6.07) is 4.87. The standard InChI is InChI=1S/C13H18N2O3S.ClH/c1-10-9-12(14-11(2)16)5-6-13(10)19(17,18)15-7-3-4-8-15;/h5-6,9H,3-4,7-8H2,1-2H3,(H,14,16);1H. The summed E-state index contributed by atoms with van der Waals surface area (Å²) in [5.41, 5.74) is 1.27. The van der Waals surface area contributed by atoms with Crippen molar-refractivity contribution < 1.29 is 13.2 Å². The van der Waals surface area contributed by atoms with Gasteiger partial charge in [-0.3, -0.25) is 4.79 Å². The molecule has 20 heavy (non-hydrogen) atoms. The van der Waals surface area contributed by atoms with Gasteiger partial charge in [0.2, 0.25) is 15.9 Å². The van der Waals surface area contributed by atoms with Crippen molar-refractivity contribution in [2.24, 2.45) is 0 Å². The van der Waals surface area contributed by atoms with Gasteiger partial charge >= 0.3 is 0 Å². The smallest absolute Gasteiger partial charge is 0.243 e. The molecule has 1 aromatic carbocycles. The first-order valence-electron chi connectivity index (χ1n) is 6.29. The Morgan fingerprint density at radius 1 is 1.25 bits per heavy atom. The second kappa shape index (κ2) is 6.56. The van der Waals surface area contributed by atoms with Crippen LogP contribution in [0.15, 0.2) is 23.1 Å². The summed E-state index contributed by atoms with van der Waals surface area (Å²) >= 11 is 0. The van der Waals surface area contributed by atoms with Crippen molar-refractivity contribution in [1.82, 2.24) is 4.31 Å². The molecule has 0 unspecified atom stereocenters. The molecule has 1 aromatic rings. The fraction of sp³-hybridized carbons (Fsp3) is 0.462. The highest BCUT2D eigenvalue weighted by atomic mass is 35.5. The van der Waals surface area contributed by atoms with Crippen LogP contribution in [0.3, 0.4) is 0 Å². The van der Waals surface area contributed by atoms with Crippen LogP contribution in [0.5, 0.6) is 0 Å². The molecule has 1 aliphatic heterocycles. The van der Waals surface area contributed by atoms with Crippen LogP contribution in [0.2, 0.25) is 0 Å². The summed E-state index contributed by atoms with van der Waals surface area (Å²) in [6.45, 7) is 4.35. The van der Waals surface area contributed by atoms with Gasteiger partial charge in [0.05, 0.1) is 4.90 Å². The number of carbonyl (C=O) groups is 1. The van der Waals surface area contributed by atoms with E-state index in [1.807, 2.05) is 0 Å². The molecule has 1 heterocycles. The van der Waals surface area contributed by atoms with Crippen LogP contribution in [0, 0.1) is 6.92 Å². The predicted molar refractivity (Wildman–Crippen MR) is 80.7 cm³/mol. The topological polar surface area (TPSA) is 66.5 Å². The Hall–Kier alpha value is -1.11. The monoisotopic (exact) mass is 318 g/mol. The SMILES string of the molecule is CC(=O)Nc1ccc(S(=O)(=O)N2CCCC2)c(C)c1.Cl. The third-order valence-corrected chi connectivity index (χ3v) is 5.24. The molecule has 0 saturated carbocycles. The number of anilines is 1. The van der Waals surface area contributed by atoms with Crippen molar-refractivity contribution in [3.8, 4) is 0 Å². The highest BCUT2D eigenvalue weighted by Crippen LogP contribution is 2.25. The molecule has 0 bridgehead atoms. The van der Waals surface area contributed by atoms with Gasteiger partial charge in [0, 0.05) is 25.7 Å². The molecule has 0 aromatic heterocycles.